The maximum atomic E-state index is 12.9. The Morgan fingerprint density at radius 1 is 1.16 bits per heavy atom. The average molecular weight is 432 g/mol. The van der Waals surface area contributed by atoms with E-state index in [9.17, 15) is 4.79 Å². The first-order valence-electron chi connectivity index (χ1n) is 11.0. The number of benzene rings is 1. The molecular formula is C25H29N5O2. The third-order valence-corrected chi connectivity index (χ3v) is 5.71. The highest BCUT2D eigenvalue weighted by Crippen LogP contribution is 2.27. The molecule has 1 aliphatic heterocycles. The number of ether oxygens (including phenoxy) is 1. The zero-order valence-corrected chi connectivity index (χ0v) is 18.8. The Labute approximate surface area is 188 Å². The lowest BCUT2D eigenvalue weighted by atomic mass is 9.93. The van der Waals surface area contributed by atoms with E-state index in [0.717, 1.165) is 53.5 Å². The molecule has 0 bridgehead atoms. The number of carbonyl (C=O) groups is 1. The van der Waals surface area contributed by atoms with Gasteiger partial charge in [0.2, 0.25) is 11.9 Å². The van der Waals surface area contributed by atoms with Gasteiger partial charge >= 0.3 is 0 Å². The normalized spacial score (nSPS) is 16.0. The van der Waals surface area contributed by atoms with Gasteiger partial charge in [0, 0.05) is 36.1 Å². The van der Waals surface area contributed by atoms with E-state index in [4.69, 9.17) is 4.74 Å². The van der Waals surface area contributed by atoms with Crippen LogP contribution in [0.25, 0.3) is 0 Å². The van der Waals surface area contributed by atoms with Gasteiger partial charge in [-0.05, 0) is 62.6 Å². The fraction of sp³-hybridized carbons (Fsp3) is 0.360. The molecule has 2 aromatic heterocycles. The Morgan fingerprint density at radius 3 is 2.69 bits per heavy atom. The largest absolute Gasteiger partial charge is 0.497 e. The van der Waals surface area contributed by atoms with Crippen molar-refractivity contribution in [3.8, 4) is 5.75 Å². The number of piperidine rings is 1. The van der Waals surface area contributed by atoms with E-state index >= 15 is 0 Å². The maximum absolute atomic E-state index is 12.9. The van der Waals surface area contributed by atoms with E-state index < -0.39 is 0 Å². The average Bonchev–Trinajstić information content (AvgIpc) is 2.79. The zero-order valence-electron chi connectivity index (χ0n) is 18.8. The van der Waals surface area contributed by atoms with Crippen molar-refractivity contribution in [1.29, 1.82) is 0 Å². The zero-order chi connectivity index (χ0) is 22.5. The fourth-order valence-electron chi connectivity index (χ4n) is 4.15. The summed E-state index contributed by atoms with van der Waals surface area (Å²) in [5.41, 5.74) is 4.67. The number of hydrogen-bond donors (Lipinski definition) is 1. The number of hydrogen-bond acceptors (Lipinski definition) is 6. The Hall–Kier alpha value is -3.48. The van der Waals surface area contributed by atoms with Gasteiger partial charge in [0.05, 0.1) is 25.4 Å². The minimum absolute atomic E-state index is 0.146. The quantitative estimate of drug-likeness (QED) is 0.630. The standard InChI is InChI=1S/C25H29N5O2/c1-17-12-18(2)28-25(27-17)29-21-9-10-23(26-15-21)20-7-5-11-30(16-20)24(31)14-19-6-4-8-22(13-19)32-3/h4,6,8-10,12-13,15,20H,5,7,11,14,16H2,1-3H3,(H,27,28,29)/t20-/m1/s1. The molecule has 1 N–H and O–H groups in total. The number of nitrogens with one attached hydrogen (secondary N) is 1. The lowest BCUT2D eigenvalue weighted by molar-refractivity contribution is -0.131. The van der Waals surface area contributed by atoms with E-state index in [0.29, 0.717) is 18.9 Å². The molecule has 0 spiro atoms. The maximum Gasteiger partial charge on any atom is 0.227 e. The molecule has 4 rings (SSSR count). The third-order valence-electron chi connectivity index (χ3n) is 5.71. The molecule has 3 heterocycles. The molecule has 7 heteroatoms. The fourth-order valence-corrected chi connectivity index (χ4v) is 4.15. The van der Waals surface area contributed by atoms with Gasteiger partial charge in [-0.15, -0.1) is 0 Å². The van der Waals surface area contributed by atoms with Crippen molar-refractivity contribution in [2.45, 2.75) is 39.0 Å². The van der Waals surface area contributed by atoms with E-state index in [1.54, 1.807) is 7.11 Å². The highest BCUT2D eigenvalue weighted by Gasteiger charge is 2.25. The first kappa shape index (κ1) is 21.7. The van der Waals surface area contributed by atoms with Crippen molar-refractivity contribution in [2.75, 3.05) is 25.5 Å². The number of aromatic nitrogens is 3. The molecule has 0 aliphatic carbocycles. The molecule has 0 unspecified atom stereocenters. The summed E-state index contributed by atoms with van der Waals surface area (Å²) in [6, 6.07) is 13.7. The highest BCUT2D eigenvalue weighted by atomic mass is 16.5. The molecule has 32 heavy (non-hydrogen) atoms. The Morgan fingerprint density at radius 2 is 1.97 bits per heavy atom. The van der Waals surface area contributed by atoms with Gasteiger partial charge in [-0.25, -0.2) is 9.97 Å². The van der Waals surface area contributed by atoms with Crippen LogP contribution in [0.3, 0.4) is 0 Å². The SMILES string of the molecule is COc1cccc(CC(=O)N2CCC[C@@H](c3ccc(Nc4nc(C)cc(C)n4)cn3)C2)c1. The predicted octanol–water partition coefficient (Wildman–Crippen LogP) is 4.19. The van der Waals surface area contributed by atoms with Crippen molar-refractivity contribution in [3.63, 3.8) is 0 Å². The van der Waals surface area contributed by atoms with Gasteiger partial charge in [0.1, 0.15) is 5.75 Å². The molecule has 1 aliphatic rings. The van der Waals surface area contributed by atoms with Crippen LogP contribution in [-0.2, 0) is 11.2 Å². The van der Waals surface area contributed by atoms with Gasteiger partial charge < -0.3 is 15.0 Å². The summed E-state index contributed by atoms with van der Waals surface area (Å²) >= 11 is 0. The van der Waals surface area contributed by atoms with Gasteiger partial charge in [-0.3, -0.25) is 9.78 Å². The lowest BCUT2D eigenvalue weighted by Crippen LogP contribution is -2.40. The molecule has 7 nitrogen and oxygen atoms in total. The highest BCUT2D eigenvalue weighted by molar-refractivity contribution is 5.79. The van der Waals surface area contributed by atoms with E-state index in [2.05, 4.69) is 20.3 Å². The van der Waals surface area contributed by atoms with Crippen LogP contribution in [0.4, 0.5) is 11.6 Å². The van der Waals surface area contributed by atoms with Gasteiger partial charge in [0.15, 0.2) is 0 Å². The number of anilines is 2. The molecule has 1 fully saturated rings. The van der Waals surface area contributed by atoms with Gasteiger partial charge in [-0.2, -0.15) is 0 Å². The molecule has 3 aromatic rings. The summed E-state index contributed by atoms with van der Waals surface area (Å²) in [4.78, 5) is 28.4. The topological polar surface area (TPSA) is 80.2 Å². The first-order valence-corrected chi connectivity index (χ1v) is 11.0. The van der Waals surface area contributed by atoms with Crippen LogP contribution in [0.15, 0.2) is 48.7 Å². The van der Waals surface area contributed by atoms with Crippen molar-refractivity contribution in [1.82, 2.24) is 19.9 Å². The number of methoxy groups -OCH3 is 1. The second-order valence-corrected chi connectivity index (χ2v) is 8.28. The van der Waals surface area contributed by atoms with Crippen LogP contribution >= 0.6 is 0 Å². The van der Waals surface area contributed by atoms with Crippen LogP contribution in [0.5, 0.6) is 5.75 Å². The predicted molar refractivity (Wildman–Crippen MR) is 124 cm³/mol. The molecule has 1 atom stereocenters. The second kappa shape index (κ2) is 9.77. The summed E-state index contributed by atoms with van der Waals surface area (Å²) < 4.78 is 5.27. The Kier molecular flexibility index (Phi) is 6.63. The van der Waals surface area contributed by atoms with Crippen molar-refractivity contribution >= 4 is 17.5 Å². The third kappa shape index (κ3) is 5.41. The summed E-state index contributed by atoms with van der Waals surface area (Å²) in [7, 11) is 1.64. The smallest absolute Gasteiger partial charge is 0.227 e. The molecule has 0 saturated carbocycles. The van der Waals surface area contributed by atoms with Gasteiger partial charge in [0.25, 0.3) is 0 Å². The molecular weight excluding hydrogens is 402 g/mol. The molecule has 1 amide bonds. The molecule has 166 valence electrons. The molecule has 0 radical (unpaired) electrons. The van der Waals surface area contributed by atoms with Crippen LogP contribution in [0.1, 0.15) is 41.4 Å². The molecule has 1 saturated heterocycles. The van der Waals surface area contributed by atoms with Crippen LogP contribution in [-0.4, -0.2) is 46.0 Å². The summed E-state index contributed by atoms with van der Waals surface area (Å²) in [6.07, 6.45) is 4.21. The first-order chi connectivity index (χ1) is 15.5. The van der Waals surface area contributed by atoms with E-state index in [1.807, 2.05) is 67.4 Å². The second-order valence-electron chi connectivity index (χ2n) is 8.28. The Balaban J connectivity index is 1.38. The molecule has 1 aromatic carbocycles. The summed E-state index contributed by atoms with van der Waals surface area (Å²) in [6.45, 7) is 5.39. The number of carbonyl (C=O) groups excluding carboxylic acids is 1. The Bertz CT molecular complexity index is 1060. The number of nitrogens with zero attached hydrogens (tertiary/aromatic N) is 4. The van der Waals surface area contributed by atoms with E-state index in [1.165, 1.54) is 0 Å². The van der Waals surface area contributed by atoms with Crippen LogP contribution in [0.2, 0.25) is 0 Å². The lowest BCUT2D eigenvalue weighted by Gasteiger charge is -2.32. The van der Waals surface area contributed by atoms with Crippen molar-refractivity contribution in [2.24, 2.45) is 0 Å². The monoisotopic (exact) mass is 431 g/mol. The number of pyridine rings is 1. The minimum Gasteiger partial charge on any atom is -0.497 e. The number of likely N-dealkylation sites (tertiary alicyclic amines) is 1. The van der Waals surface area contributed by atoms with Crippen LogP contribution < -0.4 is 10.1 Å². The van der Waals surface area contributed by atoms with Crippen molar-refractivity contribution < 1.29 is 9.53 Å². The van der Waals surface area contributed by atoms with Crippen LogP contribution in [0, 0.1) is 13.8 Å². The summed E-state index contributed by atoms with van der Waals surface area (Å²) in [5, 5.41) is 3.22. The number of rotatable bonds is 6. The summed E-state index contributed by atoms with van der Waals surface area (Å²) in [5.74, 6) is 1.73. The minimum atomic E-state index is 0.146. The number of aryl methyl sites for hydroxylation is 2. The van der Waals surface area contributed by atoms with Crippen molar-refractivity contribution in [3.05, 3.63) is 71.3 Å². The number of amides is 1. The van der Waals surface area contributed by atoms with E-state index in [-0.39, 0.29) is 11.8 Å². The van der Waals surface area contributed by atoms with Gasteiger partial charge in [-0.1, -0.05) is 12.1 Å².